The minimum absolute atomic E-state index is 0.190. The van der Waals surface area contributed by atoms with Crippen molar-refractivity contribution >= 4 is 33.4 Å². The molecule has 0 fully saturated rings. The van der Waals surface area contributed by atoms with Crippen LogP contribution >= 0.6 is 11.8 Å². The van der Waals surface area contributed by atoms with E-state index >= 15 is 0 Å². The fourth-order valence-corrected chi connectivity index (χ4v) is 3.29. The van der Waals surface area contributed by atoms with Crippen LogP contribution < -0.4 is 15.4 Å². The van der Waals surface area contributed by atoms with E-state index in [2.05, 4.69) is 24.7 Å². The first-order chi connectivity index (χ1) is 11.3. The van der Waals surface area contributed by atoms with Gasteiger partial charge >= 0.3 is 0 Å². The van der Waals surface area contributed by atoms with Crippen LogP contribution in [0.3, 0.4) is 0 Å². The molecule has 2 aromatic heterocycles. The number of nitrogens with two attached hydrogens (primary N) is 1. The van der Waals surface area contributed by atoms with Gasteiger partial charge in [-0.15, -0.1) is 0 Å². The number of sulfonamides is 1. The summed E-state index contributed by atoms with van der Waals surface area (Å²) in [4.78, 5) is 10.8. The second kappa shape index (κ2) is 6.57. The Morgan fingerprint density at radius 1 is 1.33 bits per heavy atom. The molecular formula is C13H19N7O2S2. The molecule has 3 N–H and O–H groups in total. The maximum absolute atomic E-state index is 11.2. The van der Waals surface area contributed by atoms with Crippen molar-refractivity contribution in [3.05, 3.63) is 23.5 Å². The standard InChI is InChI=1S/C13H19N7O2S2/c1-23-13-16-11(14)6-12(17-13)19-3-4-20-10(8-19)5-9(18-20)7-15-24(2,21)22/h5-6,15H,3-4,7-8H2,1-2H3,(H2,14,16,17). The van der Waals surface area contributed by atoms with E-state index in [9.17, 15) is 8.42 Å². The third-order valence-electron chi connectivity index (χ3n) is 3.58. The zero-order valence-corrected chi connectivity index (χ0v) is 15.1. The van der Waals surface area contributed by atoms with Crippen molar-refractivity contribution in [2.45, 2.75) is 24.8 Å². The zero-order chi connectivity index (χ0) is 17.3. The number of nitrogens with zero attached hydrogens (tertiary/aromatic N) is 5. The van der Waals surface area contributed by atoms with E-state index in [-0.39, 0.29) is 6.54 Å². The molecule has 1 aliphatic heterocycles. The molecule has 0 atom stereocenters. The molecule has 2 aromatic rings. The van der Waals surface area contributed by atoms with Crippen molar-refractivity contribution in [1.82, 2.24) is 24.5 Å². The highest BCUT2D eigenvalue weighted by Crippen LogP contribution is 2.23. The van der Waals surface area contributed by atoms with Crippen LogP contribution in [0.1, 0.15) is 11.4 Å². The lowest BCUT2D eigenvalue weighted by Gasteiger charge is -2.28. The number of hydrogen-bond donors (Lipinski definition) is 2. The Balaban J connectivity index is 1.77. The van der Waals surface area contributed by atoms with Gasteiger partial charge in [0.25, 0.3) is 0 Å². The van der Waals surface area contributed by atoms with Gasteiger partial charge in [-0.25, -0.2) is 23.1 Å². The molecule has 1 aliphatic rings. The molecule has 0 unspecified atom stereocenters. The number of anilines is 2. The number of rotatable bonds is 5. The summed E-state index contributed by atoms with van der Waals surface area (Å²) in [5.74, 6) is 1.23. The molecule has 11 heteroatoms. The van der Waals surface area contributed by atoms with Gasteiger partial charge in [0.05, 0.1) is 37.3 Å². The molecule has 24 heavy (non-hydrogen) atoms. The number of hydrogen-bond acceptors (Lipinski definition) is 8. The van der Waals surface area contributed by atoms with Crippen molar-refractivity contribution in [2.75, 3.05) is 29.7 Å². The number of thioether (sulfide) groups is 1. The molecule has 0 aliphatic carbocycles. The Morgan fingerprint density at radius 3 is 2.83 bits per heavy atom. The number of fused-ring (bicyclic) bond motifs is 1. The van der Waals surface area contributed by atoms with Crippen molar-refractivity contribution in [2.24, 2.45) is 0 Å². The molecule has 0 saturated carbocycles. The van der Waals surface area contributed by atoms with Crippen molar-refractivity contribution in [3.8, 4) is 0 Å². The maximum atomic E-state index is 11.2. The Labute approximate surface area is 144 Å². The van der Waals surface area contributed by atoms with E-state index in [1.807, 2.05) is 17.0 Å². The highest BCUT2D eigenvalue weighted by molar-refractivity contribution is 7.98. The van der Waals surface area contributed by atoms with E-state index in [0.29, 0.717) is 29.8 Å². The molecule has 130 valence electrons. The second-order valence-electron chi connectivity index (χ2n) is 5.50. The summed E-state index contributed by atoms with van der Waals surface area (Å²) in [5, 5.41) is 5.08. The average molecular weight is 369 g/mol. The van der Waals surface area contributed by atoms with Gasteiger partial charge in [0.1, 0.15) is 11.6 Å². The van der Waals surface area contributed by atoms with Gasteiger partial charge in [0, 0.05) is 12.6 Å². The summed E-state index contributed by atoms with van der Waals surface area (Å²) in [6, 6.07) is 3.67. The van der Waals surface area contributed by atoms with Crippen LogP contribution in [0.2, 0.25) is 0 Å². The number of nitrogen functional groups attached to an aromatic ring is 1. The fraction of sp³-hybridized carbons (Fsp3) is 0.462. The van der Waals surface area contributed by atoms with Crippen molar-refractivity contribution in [1.29, 1.82) is 0 Å². The van der Waals surface area contributed by atoms with E-state index < -0.39 is 10.0 Å². The van der Waals surface area contributed by atoms with Crippen LogP contribution in [0, 0.1) is 0 Å². The van der Waals surface area contributed by atoms with Crippen molar-refractivity contribution in [3.63, 3.8) is 0 Å². The van der Waals surface area contributed by atoms with Crippen LogP contribution in [0.15, 0.2) is 17.3 Å². The van der Waals surface area contributed by atoms with Crippen LogP contribution in [0.4, 0.5) is 11.6 Å². The highest BCUT2D eigenvalue weighted by atomic mass is 32.2. The molecule has 0 amide bonds. The summed E-state index contributed by atoms with van der Waals surface area (Å²) < 4.78 is 26.7. The first-order valence-corrected chi connectivity index (χ1v) is 10.4. The third kappa shape index (κ3) is 3.97. The van der Waals surface area contributed by atoms with E-state index in [1.165, 1.54) is 11.8 Å². The number of aromatic nitrogens is 4. The van der Waals surface area contributed by atoms with Gasteiger partial charge in [0.2, 0.25) is 10.0 Å². The Bertz CT molecular complexity index is 850. The minimum Gasteiger partial charge on any atom is -0.383 e. The van der Waals surface area contributed by atoms with E-state index in [4.69, 9.17) is 5.73 Å². The van der Waals surface area contributed by atoms with Gasteiger partial charge in [-0.2, -0.15) is 5.10 Å². The monoisotopic (exact) mass is 369 g/mol. The predicted molar refractivity (Wildman–Crippen MR) is 93.2 cm³/mol. The quantitative estimate of drug-likeness (QED) is 0.560. The number of nitrogens with one attached hydrogen (secondary N) is 1. The summed E-state index contributed by atoms with van der Waals surface area (Å²) >= 11 is 1.45. The first-order valence-electron chi connectivity index (χ1n) is 7.28. The smallest absolute Gasteiger partial charge is 0.209 e. The molecule has 3 heterocycles. The molecule has 0 aromatic carbocycles. The normalized spacial score (nSPS) is 14.7. The lowest BCUT2D eigenvalue weighted by Crippen LogP contribution is -2.34. The van der Waals surface area contributed by atoms with Gasteiger partial charge < -0.3 is 10.6 Å². The summed E-state index contributed by atoms with van der Waals surface area (Å²) in [6.07, 6.45) is 3.04. The second-order valence-corrected chi connectivity index (χ2v) is 8.11. The molecule has 9 nitrogen and oxygen atoms in total. The van der Waals surface area contributed by atoms with Crippen LogP contribution in [-0.2, 0) is 29.7 Å². The molecular weight excluding hydrogens is 350 g/mol. The largest absolute Gasteiger partial charge is 0.383 e. The molecule has 0 bridgehead atoms. The Kier molecular flexibility index (Phi) is 4.65. The lowest BCUT2D eigenvalue weighted by atomic mass is 10.2. The molecule has 0 spiro atoms. The van der Waals surface area contributed by atoms with Crippen LogP contribution in [-0.4, -0.2) is 47.2 Å². The predicted octanol–water partition coefficient (Wildman–Crippen LogP) is 0.0466. The van der Waals surface area contributed by atoms with Crippen LogP contribution in [0.5, 0.6) is 0 Å². The first kappa shape index (κ1) is 17.0. The summed E-state index contributed by atoms with van der Waals surface area (Å²) in [7, 11) is -3.23. The van der Waals surface area contributed by atoms with Gasteiger partial charge in [-0.3, -0.25) is 4.68 Å². The van der Waals surface area contributed by atoms with Crippen molar-refractivity contribution < 1.29 is 8.42 Å². The Hall–Kier alpha value is -1.85. The van der Waals surface area contributed by atoms with Gasteiger partial charge in [-0.1, -0.05) is 11.8 Å². The highest BCUT2D eigenvalue weighted by Gasteiger charge is 2.20. The lowest BCUT2D eigenvalue weighted by molar-refractivity contribution is 0.511. The summed E-state index contributed by atoms with van der Waals surface area (Å²) in [5.41, 5.74) is 7.55. The molecule has 0 radical (unpaired) electrons. The fourth-order valence-electron chi connectivity index (χ4n) is 2.50. The van der Waals surface area contributed by atoms with E-state index in [1.54, 1.807) is 6.07 Å². The SMILES string of the molecule is CSc1nc(N)cc(N2CCn3nc(CNS(C)(=O)=O)cc3C2)n1. The minimum atomic E-state index is -3.23. The van der Waals surface area contributed by atoms with Gasteiger partial charge in [-0.05, 0) is 12.3 Å². The topological polar surface area (TPSA) is 119 Å². The maximum Gasteiger partial charge on any atom is 0.209 e. The molecule has 3 rings (SSSR count). The third-order valence-corrected chi connectivity index (χ3v) is 4.80. The average Bonchev–Trinajstić information content (AvgIpc) is 2.93. The molecule has 0 saturated heterocycles. The zero-order valence-electron chi connectivity index (χ0n) is 13.4. The summed E-state index contributed by atoms with van der Waals surface area (Å²) in [6.45, 7) is 2.27. The van der Waals surface area contributed by atoms with Gasteiger partial charge in [0.15, 0.2) is 5.16 Å². The Morgan fingerprint density at radius 2 is 2.12 bits per heavy atom. The van der Waals surface area contributed by atoms with Crippen LogP contribution in [0.25, 0.3) is 0 Å². The van der Waals surface area contributed by atoms with E-state index in [0.717, 1.165) is 24.3 Å².